The number of halogens is 1. The Balaban J connectivity index is 0.00000312. The fraction of sp³-hybridized carbons (Fsp3) is 0.278. The van der Waals surface area contributed by atoms with Crippen LogP contribution in [-0.2, 0) is 6.54 Å². The zero-order valence-electron chi connectivity index (χ0n) is 14.8. The van der Waals surface area contributed by atoms with E-state index >= 15 is 0 Å². The Kier molecular flexibility index (Phi) is 8.33. The summed E-state index contributed by atoms with van der Waals surface area (Å²) in [6.07, 6.45) is 0. The fourth-order valence-electron chi connectivity index (χ4n) is 2.23. The number of guanidine groups is 1. The van der Waals surface area contributed by atoms with Gasteiger partial charge in [0, 0.05) is 6.07 Å². The van der Waals surface area contributed by atoms with Crippen LogP contribution in [0.1, 0.15) is 11.1 Å². The van der Waals surface area contributed by atoms with Gasteiger partial charge in [-0.05, 0) is 36.2 Å². The highest BCUT2D eigenvalue weighted by molar-refractivity contribution is 14.0. The lowest BCUT2D eigenvalue weighted by Crippen LogP contribution is -2.23. The van der Waals surface area contributed by atoms with E-state index in [1.807, 2.05) is 31.2 Å². The van der Waals surface area contributed by atoms with Gasteiger partial charge in [-0.25, -0.2) is 4.99 Å². The molecule has 0 spiro atoms. The quantitative estimate of drug-likeness (QED) is 0.394. The fourth-order valence-corrected chi connectivity index (χ4v) is 2.23. The van der Waals surface area contributed by atoms with Crippen LogP contribution in [0.15, 0.2) is 41.4 Å². The molecular formula is C18H24IN3O3. The number of ether oxygens (including phenoxy) is 3. The summed E-state index contributed by atoms with van der Waals surface area (Å²) < 4.78 is 15.8. The Hall–Kier alpha value is -2.16. The SMILES string of the molecule is COc1ccc(OC)c(NC(N)=NCc2ccc(C)c(OC)c2)c1.I. The van der Waals surface area contributed by atoms with Gasteiger partial charge < -0.3 is 25.3 Å². The van der Waals surface area contributed by atoms with Gasteiger partial charge in [-0.2, -0.15) is 0 Å². The Morgan fingerprint density at radius 1 is 1.00 bits per heavy atom. The highest BCUT2D eigenvalue weighted by Gasteiger charge is 2.06. The predicted octanol–water partition coefficient (Wildman–Crippen LogP) is 3.57. The highest BCUT2D eigenvalue weighted by Crippen LogP contribution is 2.28. The predicted molar refractivity (Wildman–Crippen MR) is 112 cm³/mol. The lowest BCUT2D eigenvalue weighted by molar-refractivity contribution is 0.405. The molecule has 0 aliphatic rings. The minimum Gasteiger partial charge on any atom is -0.497 e. The van der Waals surface area contributed by atoms with Crippen LogP contribution in [-0.4, -0.2) is 27.3 Å². The Morgan fingerprint density at radius 2 is 1.72 bits per heavy atom. The van der Waals surface area contributed by atoms with Crippen LogP contribution in [0.5, 0.6) is 17.2 Å². The third kappa shape index (κ3) is 5.70. The molecule has 2 rings (SSSR count). The number of benzene rings is 2. The molecule has 0 radical (unpaired) electrons. The molecule has 0 amide bonds. The molecule has 25 heavy (non-hydrogen) atoms. The average Bonchev–Trinajstić information content (AvgIpc) is 2.60. The van der Waals surface area contributed by atoms with Crippen LogP contribution in [0.25, 0.3) is 0 Å². The summed E-state index contributed by atoms with van der Waals surface area (Å²) in [6, 6.07) is 11.4. The molecule has 3 N–H and O–H groups in total. The van der Waals surface area contributed by atoms with Crippen molar-refractivity contribution in [3.8, 4) is 17.2 Å². The Bertz CT molecular complexity index is 736. The maximum atomic E-state index is 5.98. The summed E-state index contributed by atoms with van der Waals surface area (Å²) in [4.78, 5) is 4.36. The van der Waals surface area contributed by atoms with Gasteiger partial charge >= 0.3 is 0 Å². The molecule has 136 valence electrons. The first kappa shape index (κ1) is 20.9. The largest absolute Gasteiger partial charge is 0.497 e. The molecule has 2 aromatic rings. The lowest BCUT2D eigenvalue weighted by atomic mass is 10.1. The molecule has 0 saturated carbocycles. The van der Waals surface area contributed by atoms with Gasteiger partial charge in [0.1, 0.15) is 17.2 Å². The standard InChI is InChI=1S/C18H23N3O3.HI/c1-12-5-6-13(9-17(12)24-4)11-20-18(19)21-15-10-14(22-2)7-8-16(15)23-3;/h5-10H,11H2,1-4H3,(H3,19,20,21);1H. The van der Waals surface area contributed by atoms with Crippen molar-refractivity contribution in [3.63, 3.8) is 0 Å². The van der Waals surface area contributed by atoms with Crippen molar-refractivity contribution in [1.29, 1.82) is 0 Å². The van der Waals surface area contributed by atoms with E-state index in [-0.39, 0.29) is 24.0 Å². The number of anilines is 1. The maximum absolute atomic E-state index is 5.98. The van der Waals surface area contributed by atoms with E-state index in [4.69, 9.17) is 19.9 Å². The first-order valence-corrected chi connectivity index (χ1v) is 7.50. The summed E-state index contributed by atoms with van der Waals surface area (Å²) in [7, 11) is 4.85. The molecule has 0 fully saturated rings. The molecule has 0 unspecified atom stereocenters. The number of aliphatic imine (C=N–C) groups is 1. The molecule has 0 saturated heterocycles. The lowest BCUT2D eigenvalue weighted by Gasteiger charge is -2.12. The molecule has 0 aliphatic carbocycles. The van der Waals surface area contributed by atoms with Gasteiger partial charge in [-0.3, -0.25) is 0 Å². The van der Waals surface area contributed by atoms with Crippen LogP contribution in [0, 0.1) is 6.92 Å². The van der Waals surface area contributed by atoms with Crippen molar-refractivity contribution in [1.82, 2.24) is 0 Å². The highest BCUT2D eigenvalue weighted by atomic mass is 127. The second-order valence-corrected chi connectivity index (χ2v) is 5.20. The molecule has 6 nitrogen and oxygen atoms in total. The Labute approximate surface area is 165 Å². The van der Waals surface area contributed by atoms with Gasteiger partial charge in [0.15, 0.2) is 5.96 Å². The second-order valence-electron chi connectivity index (χ2n) is 5.20. The monoisotopic (exact) mass is 457 g/mol. The van der Waals surface area contributed by atoms with E-state index in [9.17, 15) is 0 Å². The van der Waals surface area contributed by atoms with Crippen LogP contribution in [0.4, 0.5) is 5.69 Å². The molecule has 0 aromatic heterocycles. The van der Waals surface area contributed by atoms with E-state index in [2.05, 4.69) is 10.3 Å². The summed E-state index contributed by atoms with van der Waals surface area (Å²) in [6.45, 7) is 2.44. The van der Waals surface area contributed by atoms with Crippen molar-refractivity contribution in [2.24, 2.45) is 10.7 Å². The van der Waals surface area contributed by atoms with Crippen molar-refractivity contribution in [2.75, 3.05) is 26.6 Å². The minimum atomic E-state index is 0. The molecule has 0 atom stereocenters. The van der Waals surface area contributed by atoms with Crippen molar-refractivity contribution in [2.45, 2.75) is 13.5 Å². The van der Waals surface area contributed by atoms with E-state index in [1.54, 1.807) is 33.5 Å². The van der Waals surface area contributed by atoms with Crippen LogP contribution in [0.2, 0.25) is 0 Å². The number of hydrogen-bond donors (Lipinski definition) is 2. The first-order valence-electron chi connectivity index (χ1n) is 7.50. The minimum absolute atomic E-state index is 0. The van der Waals surface area contributed by atoms with Gasteiger partial charge in [-0.1, -0.05) is 12.1 Å². The number of nitrogens with one attached hydrogen (secondary N) is 1. The maximum Gasteiger partial charge on any atom is 0.193 e. The third-order valence-corrected chi connectivity index (χ3v) is 3.57. The normalized spacial score (nSPS) is 10.6. The summed E-state index contributed by atoms with van der Waals surface area (Å²) in [5.41, 5.74) is 8.77. The summed E-state index contributed by atoms with van der Waals surface area (Å²) >= 11 is 0. The van der Waals surface area contributed by atoms with E-state index in [0.29, 0.717) is 29.7 Å². The molecule has 7 heteroatoms. The van der Waals surface area contributed by atoms with Crippen LogP contribution < -0.4 is 25.3 Å². The number of nitrogens with two attached hydrogens (primary N) is 1. The second kappa shape index (κ2) is 9.97. The molecule has 2 aromatic carbocycles. The first-order chi connectivity index (χ1) is 11.6. The smallest absolute Gasteiger partial charge is 0.193 e. The molecule has 0 bridgehead atoms. The van der Waals surface area contributed by atoms with Crippen molar-refractivity contribution >= 4 is 35.6 Å². The number of nitrogens with zero attached hydrogens (tertiary/aromatic N) is 1. The molecule has 0 aliphatic heterocycles. The van der Waals surface area contributed by atoms with Gasteiger partial charge in [0.25, 0.3) is 0 Å². The number of aryl methyl sites for hydroxylation is 1. The number of methoxy groups -OCH3 is 3. The zero-order valence-corrected chi connectivity index (χ0v) is 17.2. The van der Waals surface area contributed by atoms with Gasteiger partial charge in [0.2, 0.25) is 0 Å². The van der Waals surface area contributed by atoms with Crippen molar-refractivity contribution in [3.05, 3.63) is 47.5 Å². The third-order valence-electron chi connectivity index (χ3n) is 3.57. The summed E-state index contributed by atoms with van der Waals surface area (Å²) in [5.74, 6) is 2.49. The zero-order chi connectivity index (χ0) is 17.5. The van der Waals surface area contributed by atoms with Gasteiger partial charge in [0.05, 0.1) is 33.6 Å². The average molecular weight is 457 g/mol. The van der Waals surface area contributed by atoms with Crippen LogP contribution in [0.3, 0.4) is 0 Å². The van der Waals surface area contributed by atoms with Crippen LogP contribution >= 0.6 is 24.0 Å². The topological polar surface area (TPSA) is 78.1 Å². The van der Waals surface area contributed by atoms with Crippen molar-refractivity contribution < 1.29 is 14.2 Å². The van der Waals surface area contributed by atoms with E-state index in [0.717, 1.165) is 16.9 Å². The molecular weight excluding hydrogens is 433 g/mol. The summed E-state index contributed by atoms with van der Waals surface area (Å²) in [5, 5.41) is 3.04. The number of rotatable bonds is 6. The van der Waals surface area contributed by atoms with Gasteiger partial charge in [-0.15, -0.1) is 24.0 Å². The van der Waals surface area contributed by atoms with E-state index < -0.39 is 0 Å². The van der Waals surface area contributed by atoms with E-state index in [1.165, 1.54) is 0 Å². The Morgan fingerprint density at radius 3 is 2.36 bits per heavy atom. The molecule has 0 heterocycles. The number of hydrogen-bond acceptors (Lipinski definition) is 4.